The minimum atomic E-state index is 0.648. The van der Waals surface area contributed by atoms with Crippen LogP contribution in [0.5, 0.6) is 0 Å². The number of hydrogen-bond donors (Lipinski definition) is 0. The maximum absolute atomic E-state index is 2.67. The van der Waals surface area contributed by atoms with Crippen molar-refractivity contribution in [3.63, 3.8) is 0 Å². The Kier molecular flexibility index (Phi) is 5.15. The van der Waals surface area contributed by atoms with Crippen LogP contribution in [0.15, 0.2) is 0 Å². The molecule has 0 bridgehead atoms. The summed E-state index contributed by atoms with van der Waals surface area (Å²) in [5, 5.41) is 0. The van der Waals surface area contributed by atoms with Crippen molar-refractivity contribution in [3.8, 4) is 0 Å². The predicted molar refractivity (Wildman–Crippen MR) is 80.7 cm³/mol. The van der Waals surface area contributed by atoms with Crippen molar-refractivity contribution in [1.29, 1.82) is 0 Å². The molecule has 1 atom stereocenters. The molecule has 0 amide bonds. The molecular weight excluding hydrogens is 216 g/mol. The van der Waals surface area contributed by atoms with Crippen LogP contribution in [-0.2, 0) is 0 Å². The molecule has 0 N–H and O–H groups in total. The molecule has 0 aliphatic heterocycles. The van der Waals surface area contributed by atoms with Crippen LogP contribution in [0.1, 0.15) is 91.4 Å². The van der Waals surface area contributed by atoms with Gasteiger partial charge in [0, 0.05) is 0 Å². The minimum Gasteiger partial charge on any atom is -0.0651 e. The predicted octanol–water partition coefficient (Wildman–Crippen LogP) is 6.20. The van der Waals surface area contributed by atoms with Gasteiger partial charge in [-0.25, -0.2) is 0 Å². The van der Waals surface area contributed by atoms with E-state index in [1.54, 1.807) is 0 Å². The van der Waals surface area contributed by atoms with Crippen LogP contribution >= 0.6 is 0 Å². The van der Waals surface area contributed by atoms with Gasteiger partial charge in [-0.2, -0.15) is 0 Å². The Balaban J connectivity index is 2.14. The fraction of sp³-hybridized carbons (Fsp3) is 1.00. The third-order valence-corrected chi connectivity index (χ3v) is 6.64. The van der Waals surface area contributed by atoms with E-state index < -0.39 is 0 Å². The molecular formula is C18H34. The van der Waals surface area contributed by atoms with Gasteiger partial charge in [0.1, 0.15) is 0 Å². The Morgan fingerprint density at radius 1 is 0.833 bits per heavy atom. The third-order valence-electron chi connectivity index (χ3n) is 6.64. The van der Waals surface area contributed by atoms with Gasteiger partial charge in [0.05, 0.1) is 0 Å². The summed E-state index contributed by atoms with van der Waals surface area (Å²) in [6, 6.07) is 0. The summed E-state index contributed by atoms with van der Waals surface area (Å²) >= 11 is 0. The van der Waals surface area contributed by atoms with Gasteiger partial charge in [-0.15, -0.1) is 0 Å². The monoisotopic (exact) mass is 250 g/mol. The first kappa shape index (κ1) is 14.4. The van der Waals surface area contributed by atoms with E-state index in [9.17, 15) is 0 Å². The summed E-state index contributed by atoms with van der Waals surface area (Å²) in [6.45, 7) is 7.63. The third kappa shape index (κ3) is 2.78. The van der Waals surface area contributed by atoms with Gasteiger partial charge in [0.15, 0.2) is 0 Å². The summed E-state index contributed by atoms with van der Waals surface area (Å²) < 4.78 is 0. The molecule has 0 heterocycles. The molecule has 0 spiro atoms. The maximum Gasteiger partial charge on any atom is -0.0244 e. The molecule has 2 aliphatic rings. The van der Waals surface area contributed by atoms with Gasteiger partial charge in [-0.3, -0.25) is 0 Å². The van der Waals surface area contributed by atoms with Gasteiger partial charge in [-0.05, 0) is 48.9 Å². The van der Waals surface area contributed by atoms with E-state index in [4.69, 9.17) is 0 Å². The first-order chi connectivity index (χ1) is 8.69. The quantitative estimate of drug-likeness (QED) is 0.557. The number of hydrogen-bond acceptors (Lipinski definition) is 0. The van der Waals surface area contributed by atoms with E-state index >= 15 is 0 Å². The van der Waals surface area contributed by atoms with Gasteiger partial charge in [0.2, 0.25) is 0 Å². The zero-order chi connectivity index (χ0) is 13.0. The molecule has 2 aliphatic carbocycles. The minimum absolute atomic E-state index is 0.648. The van der Waals surface area contributed by atoms with E-state index in [2.05, 4.69) is 20.8 Å². The molecule has 0 aromatic rings. The van der Waals surface area contributed by atoms with Crippen LogP contribution in [-0.4, -0.2) is 0 Å². The van der Waals surface area contributed by atoms with Gasteiger partial charge in [0.25, 0.3) is 0 Å². The average molecular weight is 250 g/mol. The molecule has 2 fully saturated rings. The van der Waals surface area contributed by atoms with Crippen LogP contribution in [0.4, 0.5) is 0 Å². The zero-order valence-corrected chi connectivity index (χ0v) is 13.0. The van der Waals surface area contributed by atoms with Crippen molar-refractivity contribution in [2.24, 2.45) is 23.2 Å². The van der Waals surface area contributed by atoms with E-state index in [1.807, 2.05) is 0 Å². The largest absolute Gasteiger partial charge is 0.0651 e. The molecule has 0 saturated heterocycles. The Bertz CT molecular complexity index is 212. The molecule has 106 valence electrons. The Labute approximate surface area is 115 Å². The Morgan fingerprint density at radius 3 is 1.56 bits per heavy atom. The van der Waals surface area contributed by atoms with Gasteiger partial charge >= 0.3 is 0 Å². The highest BCUT2D eigenvalue weighted by molar-refractivity contribution is 4.94. The lowest BCUT2D eigenvalue weighted by atomic mass is 9.54. The molecule has 18 heavy (non-hydrogen) atoms. The highest BCUT2D eigenvalue weighted by atomic mass is 14.5. The first-order valence-electron chi connectivity index (χ1n) is 8.69. The highest BCUT2D eigenvalue weighted by Gasteiger charge is 2.44. The zero-order valence-electron chi connectivity index (χ0n) is 13.0. The Morgan fingerprint density at radius 2 is 1.22 bits per heavy atom. The maximum atomic E-state index is 2.67. The topological polar surface area (TPSA) is 0 Å². The summed E-state index contributed by atoms with van der Waals surface area (Å²) in [5.74, 6) is 2.98. The standard InChI is InChI=1S/C18H34/c1-4-15(2)18(3,16-11-7-5-8-12-16)17-13-9-6-10-14-17/h15-17H,4-14H2,1-3H3. The lowest BCUT2D eigenvalue weighted by Gasteiger charge is -2.51. The molecule has 0 radical (unpaired) electrons. The normalized spacial score (nSPS) is 26.2. The lowest BCUT2D eigenvalue weighted by molar-refractivity contribution is -0.0120. The van der Waals surface area contributed by atoms with Crippen LogP contribution in [0.2, 0.25) is 0 Å². The van der Waals surface area contributed by atoms with Crippen LogP contribution in [0, 0.1) is 23.2 Å². The van der Waals surface area contributed by atoms with Gasteiger partial charge in [-0.1, -0.05) is 65.7 Å². The second kappa shape index (κ2) is 6.44. The molecule has 0 heteroatoms. The second-order valence-corrected chi connectivity index (χ2v) is 7.35. The molecule has 0 aromatic carbocycles. The van der Waals surface area contributed by atoms with Crippen molar-refractivity contribution in [1.82, 2.24) is 0 Å². The first-order valence-corrected chi connectivity index (χ1v) is 8.69. The summed E-state index contributed by atoms with van der Waals surface area (Å²) in [7, 11) is 0. The van der Waals surface area contributed by atoms with Crippen molar-refractivity contribution in [2.45, 2.75) is 91.4 Å². The smallest absolute Gasteiger partial charge is 0.0244 e. The van der Waals surface area contributed by atoms with E-state index in [1.165, 1.54) is 70.6 Å². The van der Waals surface area contributed by atoms with Crippen molar-refractivity contribution in [3.05, 3.63) is 0 Å². The van der Waals surface area contributed by atoms with E-state index in [-0.39, 0.29) is 0 Å². The highest BCUT2D eigenvalue weighted by Crippen LogP contribution is 2.53. The molecule has 1 unspecified atom stereocenters. The van der Waals surface area contributed by atoms with Crippen molar-refractivity contribution >= 4 is 0 Å². The number of rotatable bonds is 4. The van der Waals surface area contributed by atoms with Crippen LogP contribution < -0.4 is 0 Å². The molecule has 2 saturated carbocycles. The molecule has 0 aromatic heterocycles. The van der Waals surface area contributed by atoms with E-state index in [0.29, 0.717) is 5.41 Å². The van der Waals surface area contributed by atoms with Gasteiger partial charge < -0.3 is 0 Å². The fourth-order valence-electron chi connectivity index (χ4n) is 5.03. The summed E-state index contributed by atoms with van der Waals surface area (Å²) in [4.78, 5) is 0. The summed E-state index contributed by atoms with van der Waals surface area (Å²) in [6.07, 6.45) is 16.5. The van der Waals surface area contributed by atoms with Crippen LogP contribution in [0.3, 0.4) is 0 Å². The lowest BCUT2D eigenvalue weighted by Crippen LogP contribution is -2.42. The van der Waals surface area contributed by atoms with Crippen molar-refractivity contribution in [2.75, 3.05) is 0 Å². The SMILES string of the molecule is CCC(C)C(C)(C1CCCCC1)C1CCCCC1. The Hall–Kier alpha value is 0. The second-order valence-electron chi connectivity index (χ2n) is 7.35. The molecule has 2 rings (SSSR count). The van der Waals surface area contributed by atoms with Crippen molar-refractivity contribution < 1.29 is 0 Å². The van der Waals surface area contributed by atoms with Crippen LogP contribution in [0.25, 0.3) is 0 Å². The summed E-state index contributed by atoms with van der Waals surface area (Å²) in [5.41, 5.74) is 0.648. The van der Waals surface area contributed by atoms with E-state index in [0.717, 1.165) is 17.8 Å². The fourth-order valence-corrected chi connectivity index (χ4v) is 5.03. The average Bonchev–Trinajstić information content (AvgIpc) is 2.47. The molecule has 0 nitrogen and oxygen atoms in total.